The molecule has 1 unspecified atom stereocenters. The van der Waals surface area contributed by atoms with Gasteiger partial charge >= 0.3 is 0 Å². The maximum Gasteiger partial charge on any atom is 0.252 e. The van der Waals surface area contributed by atoms with Crippen LogP contribution in [0.2, 0.25) is 0 Å². The molecular formula is C13H21N3O2. The molecule has 1 fully saturated rings. The summed E-state index contributed by atoms with van der Waals surface area (Å²) in [6.07, 6.45) is 1.10. The molecule has 5 nitrogen and oxygen atoms in total. The third-order valence-electron chi connectivity index (χ3n) is 3.31. The standard InChI is InChI=1S/C13H21N3O2/c1-9(2)13-14-11(6-12(17)15-13)16-5-4-10(7-16)8-18-3/h6,9-10H,4-5,7-8H2,1-3H3,(H,14,15,17). The first kappa shape index (κ1) is 13.1. The molecule has 0 amide bonds. The second kappa shape index (κ2) is 5.52. The number of aromatic amines is 1. The van der Waals surface area contributed by atoms with Crippen LogP contribution >= 0.6 is 0 Å². The van der Waals surface area contributed by atoms with Gasteiger partial charge < -0.3 is 14.6 Å². The van der Waals surface area contributed by atoms with Crippen molar-refractivity contribution >= 4 is 5.82 Å². The number of rotatable bonds is 4. The first-order chi connectivity index (χ1) is 8.60. The van der Waals surface area contributed by atoms with Gasteiger partial charge in [-0.05, 0) is 6.42 Å². The summed E-state index contributed by atoms with van der Waals surface area (Å²) in [6, 6.07) is 1.58. The van der Waals surface area contributed by atoms with Crippen LogP contribution in [0.4, 0.5) is 5.82 Å². The highest BCUT2D eigenvalue weighted by molar-refractivity contribution is 5.39. The summed E-state index contributed by atoms with van der Waals surface area (Å²) in [5, 5.41) is 0. The Labute approximate surface area is 107 Å². The summed E-state index contributed by atoms with van der Waals surface area (Å²) in [5.74, 6) is 2.32. The van der Waals surface area contributed by atoms with E-state index in [0.717, 1.165) is 37.8 Å². The van der Waals surface area contributed by atoms with E-state index in [-0.39, 0.29) is 11.5 Å². The van der Waals surface area contributed by atoms with Gasteiger partial charge in [0.1, 0.15) is 11.6 Å². The van der Waals surface area contributed by atoms with Crippen LogP contribution in [0.25, 0.3) is 0 Å². The third kappa shape index (κ3) is 2.90. The number of anilines is 1. The fraction of sp³-hybridized carbons (Fsp3) is 0.692. The minimum absolute atomic E-state index is 0.0705. The van der Waals surface area contributed by atoms with Crippen LogP contribution in [0.15, 0.2) is 10.9 Å². The number of aromatic nitrogens is 2. The van der Waals surface area contributed by atoms with Crippen LogP contribution in [0.1, 0.15) is 32.0 Å². The van der Waals surface area contributed by atoms with Gasteiger partial charge in [-0.3, -0.25) is 4.79 Å². The van der Waals surface area contributed by atoms with E-state index in [0.29, 0.717) is 5.92 Å². The third-order valence-corrected chi connectivity index (χ3v) is 3.31. The summed E-state index contributed by atoms with van der Waals surface area (Å²) in [7, 11) is 1.73. The van der Waals surface area contributed by atoms with Gasteiger partial charge in [-0.15, -0.1) is 0 Å². The van der Waals surface area contributed by atoms with E-state index in [1.807, 2.05) is 13.8 Å². The second-order valence-corrected chi connectivity index (χ2v) is 5.20. The van der Waals surface area contributed by atoms with E-state index in [2.05, 4.69) is 14.9 Å². The Kier molecular flexibility index (Phi) is 4.01. The van der Waals surface area contributed by atoms with Gasteiger partial charge in [0.05, 0.1) is 6.61 Å². The quantitative estimate of drug-likeness (QED) is 0.878. The highest BCUT2D eigenvalue weighted by atomic mass is 16.5. The van der Waals surface area contributed by atoms with E-state index in [1.54, 1.807) is 13.2 Å². The zero-order valence-electron chi connectivity index (χ0n) is 11.3. The topological polar surface area (TPSA) is 58.2 Å². The Hall–Kier alpha value is -1.36. The molecule has 1 aliphatic heterocycles. The Balaban J connectivity index is 2.16. The fourth-order valence-electron chi connectivity index (χ4n) is 2.31. The van der Waals surface area contributed by atoms with E-state index < -0.39 is 0 Å². The Morgan fingerprint density at radius 2 is 2.39 bits per heavy atom. The molecule has 5 heteroatoms. The maximum absolute atomic E-state index is 11.6. The summed E-state index contributed by atoms with van der Waals surface area (Å²) < 4.78 is 5.18. The van der Waals surface area contributed by atoms with Crippen LogP contribution in [0.5, 0.6) is 0 Å². The van der Waals surface area contributed by atoms with Gasteiger partial charge in [0.25, 0.3) is 5.56 Å². The number of nitrogens with zero attached hydrogens (tertiary/aromatic N) is 2. The highest BCUT2D eigenvalue weighted by Gasteiger charge is 2.24. The van der Waals surface area contributed by atoms with Crippen molar-refractivity contribution in [2.45, 2.75) is 26.2 Å². The summed E-state index contributed by atoms with van der Waals surface area (Å²) in [5.41, 5.74) is -0.0705. The monoisotopic (exact) mass is 251 g/mol. The van der Waals surface area contributed by atoms with Crippen LogP contribution in [-0.4, -0.2) is 36.8 Å². The fourth-order valence-corrected chi connectivity index (χ4v) is 2.31. The summed E-state index contributed by atoms with van der Waals surface area (Å²) >= 11 is 0. The minimum atomic E-state index is -0.0705. The molecule has 18 heavy (non-hydrogen) atoms. The first-order valence-electron chi connectivity index (χ1n) is 6.45. The molecule has 1 aromatic rings. The molecule has 0 bridgehead atoms. The Morgan fingerprint density at radius 1 is 1.61 bits per heavy atom. The zero-order chi connectivity index (χ0) is 13.1. The Morgan fingerprint density at radius 3 is 3.06 bits per heavy atom. The summed E-state index contributed by atoms with van der Waals surface area (Å²) in [6.45, 7) is 6.69. The molecule has 0 aromatic carbocycles. The maximum atomic E-state index is 11.6. The number of hydrogen-bond acceptors (Lipinski definition) is 4. The highest BCUT2D eigenvalue weighted by Crippen LogP contribution is 2.22. The number of hydrogen-bond donors (Lipinski definition) is 1. The molecule has 1 aliphatic rings. The molecule has 2 heterocycles. The van der Waals surface area contributed by atoms with Gasteiger partial charge in [-0.25, -0.2) is 4.98 Å². The molecule has 1 N–H and O–H groups in total. The summed E-state index contributed by atoms with van der Waals surface area (Å²) in [4.78, 5) is 21.1. The van der Waals surface area contributed by atoms with Gasteiger partial charge in [0.15, 0.2) is 0 Å². The largest absolute Gasteiger partial charge is 0.384 e. The molecular weight excluding hydrogens is 230 g/mol. The van der Waals surface area contributed by atoms with Crippen molar-refractivity contribution in [3.63, 3.8) is 0 Å². The number of nitrogens with one attached hydrogen (secondary N) is 1. The van der Waals surface area contributed by atoms with Crippen LogP contribution in [0.3, 0.4) is 0 Å². The van der Waals surface area contributed by atoms with Crippen molar-refractivity contribution in [3.8, 4) is 0 Å². The molecule has 0 saturated carbocycles. The lowest BCUT2D eigenvalue weighted by molar-refractivity contribution is 0.161. The lowest BCUT2D eigenvalue weighted by Crippen LogP contribution is -2.25. The Bertz CT molecular complexity index is 456. The predicted molar refractivity (Wildman–Crippen MR) is 71.1 cm³/mol. The molecule has 1 atom stereocenters. The average Bonchev–Trinajstić information content (AvgIpc) is 2.77. The molecule has 2 rings (SSSR count). The number of H-pyrrole nitrogens is 1. The van der Waals surface area contributed by atoms with E-state index in [1.165, 1.54) is 0 Å². The second-order valence-electron chi connectivity index (χ2n) is 5.20. The molecule has 1 saturated heterocycles. The van der Waals surface area contributed by atoms with Crippen LogP contribution in [-0.2, 0) is 4.74 Å². The molecule has 0 spiro atoms. The lowest BCUT2D eigenvalue weighted by atomic mass is 10.1. The SMILES string of the molecule is COCC1CCN(c2cc(=O)[nH]c(C(C)C)n2)C1. The molecule has 0 aliphatic carbocycles. The van der Waals surface area contributed by atoms with Gasteiger partial charge in [-0.2, -0.15) is 0 Å². The van der Waals surface area contributed by atoms with Crippen molar-refractivity contribution in [2.24, 2.45) is 5.92 Å². The number of methoxy groups -OCH3 is 1. The number of ether oxygens (including phenoxy) is 1. The lowest BCUT2D eigenvalue weighted by Gasteiger charge is -2.18. The molecule has 0 radical (unpaired) electrons. The van der Waals surface area contributed by atoms with Crippen molar-refractivity contribution in [2.75, 3.05) is 31.7 Å². The van der Waals surface area contributed by atoms with E-state index in [9.17, 15) is 4.79 Å². The smallest absolute Gasteiger partial charge is 0.252 e. The van der Waals surface area contributed by atoms with Crippen LogP contribution in [0, 0.1) is 5.92 Å². The van der Waals surface area contributed by atoms with Crippen molar-refractivity contribution < 1.29 is 4.74 Å². The first-order valence-corrected chi connectivity index (χ1v) is 6.45. The van der Waals surface area contributed by atoms with Crippen molar-refractivity contribution in [1.82, 2.24) is 9.97 Å². The minimum Gasteiger partial charge on any atom is -0.384 e. The van der Waals surface area contributed by atoms with Crippen molar-refractivity contribution in [1.29, 1.82) is 0 Å². The van der Waals surface area contributed by atoms with E-state index in [4.69, 9.17) is 4.74 Å². The zero-order valence-corrected chi connectivity index (χ0v) is 11.3. The van der Waals surface area contributed by atoms with Gasteiger partial charge in [0, 0.05) is 38.1 Å². The van der Waals surface area contributed by atoms with Crippen molar-refractivity contribution in [3.05, 3.63) is 22.2 Å². The normalized spacial score (nSPS) is 19.8. The van der Waals surface area contributed by atoms with Gasteiger partial charge in [-0.1, -0.05) is 13.8 Å². The average molecular weight is 251 g/mol. The van der Waals surface area contributed by atoms with Gasteiger partial charge in [0.2, 0.25) is 0 Å². The molecule has 100 valence electrons. The molecule has 1 aromatic heterocycles. The predicted octanol–water partition coefficient (Wildman–Crippen LogP) is 1.37. The van der Waals surface area contributed by atoms with E-state index >= 15 is 0 Å². The van der Waals surface area contributed by atoms with Crippen LogP contribution < -0.4 is 10.5 Å².